The fraction of sp³-hybridized carbons (Fsp3) is 0.364. The summed E-state index contributed by atoms with van der Waals surface area (Å²) in [6.07, 6.45) is 0. The van der Waals surface area contributed by atoms with Crippen molar-refractivity contribution in [3.05, 3.63) is 81.9 Å². The molecule has 2 unspecified atom stereocenters. The summed E-state index contributed by atoms with van der Waals surface area (Å²) in [6.45, 7) is 4.56. The third-order valence-electron chi connectivity index (χ3n) is 4.78. The van der Waals surface area contributed by atoms with Crippen molar-refractivity contribution in [1.82, 2.24) is 5.32 Å². The van der Waals surface area contributed by atoms with E-state index in [1.807, 2.05) is 0 Å². The third-order valence-corrected chi connectivity index (χ3v) is 4.78. The Hall–Kier alpha value is -3.22. The van der Waals surface area contributed by atoms with Gasteiger partial charge in [-0.1, -0.05) is 81.4 Å². The predicted octanol–water partition coefficient (Wildman–Crippen LogP) is 3.28. The molecule has 2 aromatic carbocycles. The molecule has 29 heavy (non-hydrogen) atoms. The number of hydrogen-bond donors (Lipinski definition) is 1. The summed E-state index contributed by atoms with van der Waals surface area (Å²) in [5.74, 6) is -2.17. The van der Waals surface area contributed by atoms with Crippen molar-refractivity contribution >= 4 is 11.9 Å². The molecule has 1 amide bonds. The van der Waals surface area contributed by atoms with Crippen LogP contribution in [0.5, 0.6) is 0 Å². The van der Waals surface area contributed by atoms with Crippen molar-refractivity contribution in [3.8, 4) is 0 Å². The first-order valence-corrected chi connectivity index (χ1v) is 9.26. The molecule has 0 fully saturated rings. The molecular weight excluding hydrogens is 372 g/mol. The van der Waals surface area contributed by atoms with E-state index in [0.717, 1.165) is 0 Å². The number of esters is 1. The van der Waals surface area contributed by atoms with Crippen molar-refractivity contribution < 1.29 is 19.2 Å². The van der Waals surface area contributed by atoms with Gasteiger partial charge in [-0.25, -0.2) is 4.79 Å². The molecule has 0 spiro atoms. The second kappa shape index (κ2) is 8.86. The lowest BCUT2D eigenvalue weighted by Gasteiger charge is -2.39. The molecule has 0 aromatic heterocycles. The quantitative estimate of drug-likeness (QED) is 0.438. The summed E-state index contributed by atoms with van der Waals surface area (Å²) in [6, 6.07) is 17.2. The first kappa shape index (κ1) is 22.1. The zero-order valence-electron chi connectivity index (χ0n) is 17.0. The van der Waals surface area contributed by atoms with E-state index in [-0.39, 0.29) is 0 Å². The standard InChI is InChI=1S/C22H26N2O5/c1-21(2,3)19(25)23-22(20(26)29-4,17-13-9-6-10-14-17)18(15-24(27)28)16-11-7-5-8-12-16/h5-14,18H,15H2,1-4H3,(H,23,25). The number of hydrogen-bond acceptors (Lipinski definition) is 5. The minimum absolute atomic E-state index is 0.417. The van der Waals surface area contributed by atoms with Crippen LogP contribution >= 0.6 is 0 Å². The van der Waals surface area contributed by atoms with Crippen LogP contribution in [0.15, 0.2) is 60.7 Å². The van der Waals surface area contributed by atoms with Crippen LogP contribution in [0.25, 0.3) is 0 Å². The zero-order valence-corrected chi connectivity index (χ0v) is 17.0. The number of carbonyl (C=O) groups excluding carboxylic acids is 2. The van der Waals surface area contributed by atoms with Crippen LogP contribution in [0.2, 0.25) is 0 Å². The van der Waals surface area contributed by atoms with Crippen molar-refractivity contribution in [1.29, 1.82) is 0 Å². The first-order valence-electron chi connectivity index (χ1n) is 9.26. The van der Waals surface area contributed by atoms with E-state index < -0.39 is 40.2 Å². The number of benzene rings is 2. The molecule has 2 rings (SSSR count). The Bertz CT molecular complexity index is 862. The summed E-state index contributed by atoms with van der Waals surface area (Å²) < 4.78 is 5.09. The number of nitro groups is 1. The maximum Gasteiger partial charge on any atom is 0.337 e. The Labute approximate surface area is 170 Å². The molecule has 2 aromatic rings. The van der Waals surface area contributed by atoms with Gasteiger partial charge in [0.15, 0.2) is 5.54 Å². The average molecular weight is 398 g/mol. The Morgan fingerprint density at radius 1 is 1.03 bits per heavy atom. The normalized spacial score (nSPS) is 14.3. The van der Waals surface area contributed by atoms with Gasteiger partial charge in [0.25, 0.3) is 0 Å². The van der Waals surface area contributed by atoms with E-state index in [4.69, 9.17) is 4.74 Å². The largest absolute Gasteiger partial charge is 0.467 e. The van der Waals surface area contributed by atoms with Gasteiger partial charge in [0, 0.05) is 10.3 Å². The van der Waals surface area contributed by atoms with E-state index in [0.29, 0.717) is 11.1 Å². The Balaban J connectivity index is 2.82. The molecule has 2 atom stereocenters. The minimum Gasteiger partial charge on any atom is -0.467 e. The topological polar surface area (TPSA) is 98.5 Å². The summed E-state index contributed by atoms with van der Waals surface area (Å²) in [5, 5.41) is 14.4. The molecule has 0 saturated carbocycles. The maximum atomic E-state index is 13.2. The van der Waals surface area contributed by atoms with Crippen LogP contribution in [-0.2, 0) is 19.9 Å². The fourth-order valence-corrected chi connectivity index (χ4v) is 3.23. The average Bonchev–Trinajstić information content (AvgIpc) is 2.70. The van der Waals surface area contributed by atoms with Gasteiger partial charge in [-0.3, -0.25) is 14.9 Å². The first-order chi connectivity index (χ1) is 13.6. The third kappa shape index (κ3) is 4.80. The van der Waals surface area contributed by atoms with Crippen molar-refractivity contribution in [2.75, 3.05) is 13.7 Å². The van der Waals surface area contributed by atoms with Crippen LogP contribution in [0.1, 0.15) is 37.8 Å². The molecule has 7 nitrogen and oxygen atoms in total. The second-order valence-corrected chi connectivity index (χ2v) is 7.85. The molecule has 0 saturated heterocycles. The molecule has 0 aliphatic rings. The van der Waals surface area contributed by atoms with Crippen LogP contribution < -0.4 is 5.32 Å². The molecule has 1 N–H and O–H groups in total. The lowest BCUT2D eigenvalue weighted by atomic mass is 9.73. The van der Waals surface area contributed by atoms with E-state index in [1.54, 1.807) is 81.4 Å². The molecule has 0 bridgehead atoms. The number of methoxy groups -OCH3 is 1. The van der Waals surface area contributed by atoms with Crippen LogP contribution in [0.3, 0.4) is 0 Å². The second-order valence-electron chi connectivity index (χ2n) is 7.85. The monoisotopic (exact) mass is 398 g/mol. The van der Waals surface area contributed by atoms with Crippen molar-refractivity contribution in [2.45, 2.75) is 32.2 Å². The van der Waals surface area contributed by atoms with E-state index >= 15 is 0 Å². The molecular formula is C22H26N2O5. The van der Waals surface area contributed by atoms with Gasteiger partial charge in [-0.15, -0.1) is 0 Å². The Morgan fingerprint density at radius 2 is 1.55 bits per heavy atom. The predicted molar refractivity (Wildman–Crippen MR) is 109 cm³/mol. The van der Waals surface area contributed by atoms with E-state index in [2.05, 4.69) is 5.32 Å². The van der Waals surface area contributed by atoms with Gasteiger partial charge in [0.2, 0.25) is 12.5 Å². The lowest BCUT2D eigenvalue weighted by Crippen LogP contribution is -2.59. The summed E-state index contributed by atoms with van der Waals surface area (Å²) in [7, 11) is 1.21. The van der Waals surface area contributed by atoms with E-state index in [1.165, 1.54) is 7.11 Å². The Morgan fingerprint density at radius 3 is 2.00 bits per heavy atom. The fourth-order valence-electron chi connectivity index (χ4n) is 3.23. The molecule has 0 radical (unpaired) electrons. The molecule has 0 aliphatic heterocycles. The highest BCUT2D eigenvalue weighted by Crippen LogP contribution is 2.39. The van der Waals surface area contributed by atoms with Crippen molar-refractivity contribution in [3.63, 3.8) is 0 Å². The van der Waals surface area contributed by atoms with Crippen LogP contribution in [0.4, 0.5) is 0 Å². The zero-order chi connectivity index (χ0) is 21.7. The van der Waals surface area contributed by atoms with Gasteiger partial charge in [0.1, 0.15) is 0 Å². The smallest absolute Gasteiger partial charge is 0.337 e. The van der Waals surface area contributed by atoms with Crippen LogP contribution in [-0.4, -0.2) is 30.5 Å². The molecule has 0 heterocycles. The number of nitrogens with one attached hydrogen (secondary N) is 1. The number of carbonyl (C=O) groups is 2. The van der Waals surface area contributed by atoms with Gasteiger partial charge in [-0.2, -0.15) is 0 Å². The maximum absolute atomic E-state index is 13.2. The Kier molecular flexibility index (Phi) is 6.74. The van der Waals surface area contributed by atoms with Crippen molar-refractivity contribution in [2.24, 2.45) is 5.41 Å². The number of rotatable bonds is 7. The van der Waals surface area contributed by atoms with Gasteiger partial charge in [-0.05, 0) is 11.1 Å². The van der Waals surface area contributed by atoms with Gasteiger partial charge < -0.3 is 10.1 Å². The summed E-state index contributed by atoms with van der Waals surface area (Å²) in [4.78, 5) is 37.4. The SMILES string of the molecule is COC(=O)C(NC(=O)C(C)(C)C)(c1ccccc1)C(C[N+](=O)[O-])c1ccccc1. The van der Waals surface area contributed by atoms with Gasteiger partial charge >= 0.3 is 5.97 Å². The number of nitrogens with zero attached hydrogens (tertiary/aromatic N) is 1. The highest BCUT2D eigenvalue weighted by atomic mass is 16.6. The summed E-state index contributed by atoms with van der Waals surface area (Å²) in [5.41, 5.74) is -1.63. The summed E-state index contributed by atoms with van der Waals surface area (Å²) >= 11 is 0. The highest BCUT2D eigenvalue weighted by Gasteiger charge is 2.53. The number of amides is 1. The molecule has 0 aliphatic carbocycles. The highest BCUT2D eigenvalue weighted by molar-refractivity contribution is 5.92. The van der Waals surface area contributed by atoms with Crippen LogP contribution in [0, 0.1) is 15.5 Å². The minimum atomic E-state index is -1.77. The lowest BCUT2D eigenvalue weighted by molar-refractivity contribution is -0.485. The van der Waals surface area contributed by atoms with E-state index in [9.17, 15) is 19.7 Å². The number of ether oxygens (including phenoxy) is 1. The molecule has 7 heteroatoms. The molecule has 154 valence electrons. The van der Waals surface area contributed by atoms with Gasteiger partial charge in [0.05, 0.1) is 13.0 Å².